The van der Waals surface area contributed by atoms with Gasteiger partial charge in [0, 0.05) is 0 Å². The van der Waals surface area contributed by atoms with Gasteiger partial charge in [0.2, 0.25) is 10.0 Å². The lowest BCUT2D eigenvalue weighted by molar-refractivity contribution is -0.140. The summed E-state index contributed by atoms with van der Waals surface area (Å²) in [5, 5.41) is 17.9. The standard InChI is InChI=1S/C18H19NO7S/c20-17(21)11-26-15-8-6-13(7-9-15)10-16(18(22)23)19-27(24,25)12-14-4-2-1-3-5-14/h1-9,16,19H,10-12H2,(H,20,21)(H,22,23)/t16-/m0/s1. The highest BCUT2D eigenvalue weighted by Crippen LogP contribution is 2.14. The number of rotatable bonds is 10. The van der Waals surface area contributed by atoms with Crippen molar-refractivity contribution in [3.63, 3.8) is 0 Å². The van der Waals surface area contributed by atoms with Crippen LogP contribution in [0.5, 0.6) is 5.75 Å². The number of carboxylic acid groups (broad SMARTS) is 2. The average molecular weight is 393 g/mol. The Morgan fingerprint density at radius 3 is 2.15 bits per heavy atom. The Bertz CT molecular complexity index is 880. The van der Waals surface area contributed by atoms with Gasteiger partial charge in [0.05, 0.1) is 5.75 Å². The topological polar surface area (TPSA) is 130 Å². The van der Waals surface area contributed by atoms with Gasteiger partial charge in [-0.3, -0.25) is 4.79 Å². The van der Waals surface area contributed by atoms with Crippen LogP contribution in [0.1, 0.15) is 11.1 Å². The molecule has 0 aromatic heterocycles. The number of ether oxygens (including phenoxy) is 1. The van der Waals surface area contributed by atoms with Gasteiger partial charge in [-0.2, -0.15) is 0 Å². The normalized spacial score (nSPS) is 12.3. The summed E-state index contributed by atoms with van der Waals surface area (Å²) in [4.78, 5) is 21.9. The highest BCUT2D eigenvalue weighted by atomic mass is 32.2. The zero-order chi connectivity index (χ0) is 19.9. The van der Waals surface area contributed by atoms with E-state index in [-0.39, 0.29) is 12.2 Å². The lowest BCUT2D eigenvalue weighted by Gasteiger charge is -2.15. The number of benzene rings is 2. The molecule has 0 saturated carbocycles. The smallest absolute Gasteiger partial charge is 0.341 e. The second kappa shape index (κ2) is 9.15. The Morgan fingerprint density at radius 1 is 0.963 bits per heavy atom. The molecule has 27 heavy (non-hydrogen) atoms. The van der Waals surface area contributed by atoms with E-state index in [0.29, 0.717) is 16.9 Å². The van der Waals surface area contributed by atoms with Crippen LogP contribution in [0.25, 0.3) is 0 Å². The van der Waals surface area contributed by atoms with Gasteiger partial charge >= 0.3 is 11.9 Å². The molecule has 0 spiro atoms. The predicted molar refractivity (Wildman–Crippen MR) is 96.9 cm³/mol. The number of aliphatic carboxylic acids is 2. The molecule has 1 atom stereocenters. The molecule has 0 bridgehead atoms. The van der Waals surface area contributed by atoms with E-state index in [1.54, 1.807) is 42.5 Å². The van der Waals surface area contributed by atoms with Crippen LogP contribution < -0.4 is 9.46 Å². The number of carboxylic acids is 2. The van der Waals surface area contributed by atoms with Crippen molar-refractivity contribution in [3.05, 3.63) is 65.7 Å². The molecule has 0 aliphatic rings. The molecule has 0 heterocycles. The summed E-state index contributed by atoms with van der Waals surface area (Å²) in [5.41, 5.74) is 1.11. The molecule has 9 heteroatoms. The highest BCUT2D eigenvalue weighted by molar-refractivity contribution is 7.88. The average Bonchev–Trinajstić information content (AvgIpc) is 2.60. The van der Waals surface area contributed by atoms with Gasteiger partial charge in [-0.15, -0.1) is 0 Å². The van der Waals surface area contributed by atoms with Crippen LogP contribution in [0.3, 0.4) is 0 Å². The SMILES string of the molecule is O=C(O)COc1ccc(C[C@H](NS(=O)(=O)Cc2ccccc2)C(=O)O)cc1. The fourth-order valence-corrected chi connectivity index (χ4v) is 3.67. The minimum Gasteiger partial charge on any atom is -0.482 e. The number of nitrogens with one attached hydrogen (secondary N) is 1. The Balaban J connectivity index is 2.02. The summed E-state index contributed by atoms with van der Waals surface area (Å²) in [6.07, 6.45) is -0.0669. The summed E-state index contributed by atoms with van der Waals surface area (Å²) in [6, 6.07) is 13.2. The van der Waals surface area contributed by atoms with Gasteiger partial charge in [0.15, 0.2) is 6.61 Å². The molecule has 0 aliphatic heterocycles. The molecule has 0 amide bonds. The van der Waals surface area contributed by atoms with Gasteiger partial charge in [0.1, 0.15) is 11.8 Å². The molecule has 2 aromatic rings. The van der Waals surface area contributed by atoms with Crippen molar-refractivity contribution in [2.75, 3.05) is 6.61 Å². The molecule has 3 N–H and O–H groups in total. The van der Waals surface area contributed by atoms with Crippen molar-refractivity contribution in [1.82, 2.24) is 4.72 Å². The van der Waals surface area contributed by atoms with Crippen LogP contribution in [0.15, 0.2) is 54.6 Å². The van der Waals surface area contributed by atoms with Gasteiger partial charge in [-0.1, -0.05) is 42.5 Å². The maximum atomic E-state index is 12.3. The van der Waals surface area contributed by atoms with Crippen LogP contribution in [-0.4, -0.2) is 43.2 Å². The fraction of sp³-hybridized carbons (Fsp3) is 0.222. The lowest BCUT2D eigenvalue weighted by atomic mass is 10.1. The number of hydrogen-bond donors (Lipinski definition) is 3. The minimum absolute atomic E-state index is 0.0669. The zero-order valence-electron chi connectivity index (χ0n) is 14.2. The monoisotopic (exact) mass is 393 g/mol. The van der Waals surface area contributed by atoms with Crippen LogP contribution in [0, 0.1) is 0 Å². The lowest BCUT2D eigenvalue weighted by Crippen LogP contribution is -2.42. The Kier molecular flexibility index (Phi) is 6.91. The first-order chi connectivity index (χ1) is 12.7. The van der Waals surface area contributed by atoms with Crippen LogP contribution in [0.2, 0.25) is 0 Å². The zero-order valence-corrected chi connectivity index (χ0v) is 15.1. The van der Waals surface area contributed by atoms with Crippen molar-refractivity contribution in [1.29, 1.82) is 0 Å². The summed E-state index contributed by atoms with van der Waals surface area (Å²) < 4.78 is 31.7. The van der Waals surface area contributed by atoms with Crippen LogP contribution in [-0.2, 0) is 31.8 Å². The molecule has 0 aliphatic carbocycles. The van der Waals surface area contributed by atoms with Gasteiger partial charge in [-0.25, -0.2) is 17.9 Å². The minimum atomic E-state index is -3.85. The summed E-state index contributed by atoms with van der Waals surface area (Å²) in [6.45, 7) is -0.490. The van der Waals surface area contributed by atoms with Gasteiger partial charge in [-0.05, 0) is 29.7 Å². The largest absolute Gasteiger partial charge is 0.482 e. The third-order valence-electron chi connectivity index (χ3n) is 3.54. The third kappa shape index (κ3) is 7.08. The molecule has 2 rings (SSSR count). The first-order valence-electron chi connectivity index (χ1n) is 7.95. The van der Waals surface area contributed by atoms with E-state index >= 15 is 0 Å². The summed E-state index contributed by atoms with van der Waals surface area (Å²) in [5.74, 6) is -2.41. The van der Waals surface area contributed by atoms with Gasteiger partial charge in [0.25, 0.3) is 0 Å². The Morgan fingerprint density at radius 2 is 1.59 bits per heavy atom. The third-order valence-corrected chi connectivity index (χ3v) is 4.90. The second-order valence-corrected chi connectivity index (χ2v) is 7.54. The molecule has 144 valence electrons. The quantitative estimate of drug-likeness (QED) is 0.554. The highest BCUT2D eigenvalue weighted by Gasteiger charge is 2.24. The van der Waals surface area contributed by atoms with E-state index in [1.165, 1.54) is 12.1 Å². The maximum absolute atomic E-state index is 12.3. The first kappa shape index (κ1) is 20.4. The number of sulfonamides is 1. The van der Waals surface area contributed by atoms with Crippen molar-refractivity contribution < 1.29 is 33.0 Å². The maximum Gasteiger partial charge on any atom is 0.341 e. The van der Waals surface area contributed by atoms with E-state index in [9.17, 15) is 23.1 Å². The van der Waals surface area contributed by atoms with E-state index in [2.05, 4.69) is 4.72 Å². The van der Waals surface area contributed by atoms with Crippen LogP contribution in [0.4, 0.5) is 0 Å². The Hall–Kier alpha value is -2.91. The molecular weight excluding hydrogens is 374 g/mol. The van der Waals surface area contributed by atoms with E-state index in [1.807, 2.05) is 0 Å². The molecule has 0 unspecified atom stereocenters. The van der Waals surface area contributed by atoms with Crippen molar-refractivity contribution in [2.24, 2.45) is 0 Å². The Labute approximate surface area is 156 Å². The molecule has 8 nitrogen and oxygen atoms in total. The van der Waals surface area contributed by atoms with E-state index in [0.717, 1.165) is 0 Å². The first-order valence-corrected chi connectivity index (χ1v) is 9.60. The molecular formula is C18H19NO7S. The molecule has 0 radical (unpaired) electrons. The molecule has 0 fully saturated rings. The number of hydrogen-bond acceptors (Lipinski definition) is 5. The predicted octanol–water partition coefficient (Wildman–Crippen LogP) is 1.27. The van der Waals surface area contributed by atoms with E-state index in [4.69, 9.17) is 9.84 Å². The molecule has 0 saturated heterocycles. The second-order valence-electron chi connectivity index (χ2n) is 5.78. The summed E-state index contributed by atoms with van der Waals surface area (Å²) in [7, 11) is -3.85. The molecule has 2 aromatic carbocycles. The summed E-state index contributed by atoms with van der Waals surface area (Å²) >= 11 is 0. The van der Waals surface area contributed by atoms with Crippen molar-refractivity contribution in [3.8, 4) is 5.75 Å². The van der Waals surface area contributed by atoms with Crippen LogP contribution >= 0.6 is 0 Å². The van der Waals surface area contributed by atoms with Crippen molar-refractivity contribution >= 4 is 22.0 Å². The van der Waals surface area contributed by atoms with Crippen molar-refractivity contribution in [2.45, 2.75) is 18.2 Å². The fourth-order valence-electron chi connectivity index (χ4n) is 2.33. The van der Waals surface area contributed by atoms with E-state index < -0.39 is 34.6 Å². The number of carbonyl (C=O) groups is 2. The van der Waals surface area contributed by atoms with Gasteiger partial charge < -0.3 is 14.9 Å².